The number of ether oxygens (including phenoxy) is 2. The highest BCUT2D eigenvalue weighted by Gasteiger charge is 2.41. The first-order valence-electron chi connectivity index (χ1n) is 12.7. The number of methoxy groups -OCH3 is 1. The zero-order chi connectivity index (χ0) is 26.8. The summed E-state index contributed by atoms with van der Waals surface area (Å²) >= 11 is 5.87. The van der Waals surface area contributed by atoms with Crippen molar-refractivity contribution in [1.29, 1.82) is 0 Å². The largest absolute Gasteiger partial charge is 0.495 e. The Morgan fingerprint density at radius 3 is 2.66 bits per heavy atom. The Bertz CT molecular complexity index is 1320. The van der Waals surface area contributed by atoms with Crippen LogP contribution < -0.4 is 10.1 Å². The summed E-state index contributed by atoms with van der Waals surface area (Å²) in [5.41, 5.74) is 4.55. The molecule has 2 fully saturated rings. The van der Waals surface area contributed by atoms with Gasteiger partial charge in [-0.05, 0) is 55.9 Å². The van der Waals surface area contributed by atoms with Crippen molar-refractivity contribution < 1.29 is 14.4 Å². The van der Waals surface area contributed by atoms with Crippen LogP contribution in [0.15, 0.2) is 48.7 Å². The van der Waals surface area contributed by atoms with E-state index in [9.17, 15) is 10.1 Å². The molecular weight excluding hydrogens is 504 g/mol. The van der Waals surface area contributed by atoms with Gasteiger partial charge in [0.25, 0.3) is 5.69 Å². The van der Waals surface area contributed by atoms with Crippen LogP contribution in [0.4, 0.5) is 5.69 Å². The first-order chi connectivity index (χ1) is 18.4. The quantitative estimate of drug-likeness (QED) is 0.262. The number of hydrogen-bond acceptors (Lipinski definition) is 7. The number of benzene rings is 1. The van der Waals surface area contributed by atoms with Crippen LogP contribution in [-0.2, 0) is 4.74 Å². The van der Waals surface area contributed by atoms with Gasteiger partial charge < -0.3 is 24.3 Å². The van der Waals surface area contributed by atoms with E-state index in [4.69, 9.17) is 21.7 Å². The zero-order valence-corrected chi connectivity index (χ0v) is 22.6. The van der Waals surface area contributed by atoms with E-state index in [-0.39, 0.29) is 22.7 Å². The zero-order valence-electron chi connectivity index (χ0n) is 21.8. The molecule has 1 N–H and O–H groups in total. The Kier molecular flexibility index (Phi) is 7.59. The van der Waals surface area contributed by atoms with E-state index in [1.807, 2.05) is 36.6 Å². The van der Waals surface area contributed by atoms with E-state index >= 15 is 0 Å². The Balaban J connectivity index is 1.57. The minimum absolute atomic E-state index is 0.0112. The summed E-state index contributed by atoms with van der Waals surface area (Å²) in [5.74, 6) is 0.564. The number of morpholine rings is 1. The van der Waals surface area contributed by atoms with Crippen molar-refractivity contribution in [3.8, 4) is 11.4 Å². The van der Waals surface area contributed by atoms with Crippen LogP contribution in [0.1, 0.15) is 34.7 Å². The molecule has 0 saturated carbocycles. The fraction of sp³-hybridized carbons (Fsp3) is 0.407. The SMILES string of the molecule is COc1ccc([N+](=O)[O-])cc1-n1c(C)cc([C@@H]2[C@@H](c3ccccn3)NC(=S)N2CCN2CCOCC2)c1C. The second-order valence-electron chi connectivity index (χ2n) is 9.55. The number of nitrogens with zero attached hydrogens (tertiary/aromatic N) is 5. The van der Waals surface area contributed by atoms with Gasteiger partial charge in [-0.2, -0.15) is 0 Å². The van der Waals surface area contributed by atoms with Crippen LogP contribution in [0, 0.1) is 24.0 Å². The molecular formula is C27H32N6O4S. The maximum absolute atomic E-state index is 11.6. The number of aryl methyl sites for hydroxylation is 1. The van der Waals surface area contributed by atoms with Gasteiger partial charge in [0.1, 0.15) is 5.75 Å². The molecule has 2 saturated heterocycles. The average molecular weight is 537 g/mol. The first-order valence-corrected chi connectivity index (χ1v) is 13.1. The van der Waals surface area contributed by atoms with E-state index < -0.39 is 0 Å². The van der Waals surface area contributed by atoms with E-state index in [0.29, 0.717) is 16.5 Å². The third-order valence-electron chi connectivity index (χ3n) is 7.36. The maximum atomic E-state index is 11.6. The predicted octanol–water partition coefficient (Wildman–Crippen LogP) is 3.71. The number of nitro groups is 1. The highest BCUT2D eigenvalue weighted by Crippen LogP contribution is 2.42. The smallest absolute Gasteiger partial charge is 0.271 e. The first kappa shape index (κ1) is 26.1. The van der Waals surface area contributed by atoms with Gasteiger partial charge in [-0.15, -0.1) is 0 Å². The molecule has 38 heavy (non-hydrogen) atoms. The number of hydrogen-bond donors (Lipinski definition) is 1. The molecule has 1 aromatic carbocycles. The lowest BCUT2D eigenvalue weighted by Gasteiger charge is -2.32. The van der Waals surface area contributed by atoms with Gasteiger partial charge in [0.05, 0.1) is 48.7 Å². The number of nitrogens with one attached hydrogen (secondary N) is 1. The third-order valence-corrected chi connectivity index (χ3v) is 7.71. The molecule has 0 unspecified atom stereocenters. The molecule has 200 valence electrons. The van der Waals surface area contributed by atoms with Crippen LogP contribution in [-0.4, -0.2) is 75.9 Å². The van der Waals surface area contributed by atoms with Crippen molar-refractivity contribution in [3.63, 3.8) is 0 Å². The number of non-ortho nitro benzene ring substituents is 1. The second kappa shape index (κ2) is 11.1. The van der Waals surface area contributed by atoms with Gasteiger partial charge in [0, 0.05) is 55.9 Å². The molecule has 3 aromatic rings. The number of aromatic nitrogens is 2. The molecule has 0 bridgehead atoms. The minimum atomic E-state index is -0.387. The number of pyridine rings is 1. The Hall–Kier alpha value is -3.54. The molecule has 4 heterocycles. The second-order valence-corrected chi connectivity index (χ2v) is 9.94. The summed E-state index contributed by atoms with van der Waals surface area (Å²) < 4.78 is 13.1. The fourth-order valence-corrected chi connectivity index (χ4v) is 5.82. The molecule has 11 heteroatoms. The van der Waals surface area contributed by atoms with Crippen LogP contribution >= 0.6 is 12.2 Å². The molecule has 2 aromatic heterocycles. The number of nitro benzene ring substituents is 1. The lowest BCUT2D eigenvalue weighted by molar-refractivity contribution is -0.384. The summed E-state index contributed by atoms with van der Waals surface area (Å²) in [6.45, 7) is 8.97. The highest BCUT2D eigenvalue weighted by molar-refractivity contribution is 7.80. The predicted molar refractivity (Wildman–Crippen MR) is 148 cm³/mol. The van der Waals surface area contributed by atoms with E-state index in [0.717, 1.165) is 62.0 Å². The molecule has 0 aliphatic carbocycles. The molecule has 0 radical (unpaired) electrons. The molecule has 2 atom stereocenters. The van der Waals surface area contributed by atoms with Crippen LogP contribution in [0.2, 0.25) is 0 Å². The Morgan fingerprint density at radius 1 is 1.18 bits per heavy atom. The number of thiocarbonyl (C=S) groups is 1. The summed E-state index contributed by atoms with van der Waals surface area (Å²) in [4.78, 5) is 20.5. The summed E-state index contributed by atoms with van der Waals surface area (Å²) in [7, 11) is 1.57. The Labute approximate surface area is 227 Å². The molecule has 2 aliphatic rings. The molecule has 2 aliphatic heterocycles. The van der Waals surface area contributed by atoms with Gasteiger partial charge in [0.15, 0.2) is 5.11 Å². The standard InChI is InChI=1S/C27H32N6O4S/c1-18-16-21(19(2)32(18)23-17-20(33(34)35)7-8-24(23)36-3)26-25(22-6-4-5-9-28-22)29-27(38)31(26)11-10-30-12-14-37-15-13-30/h4-9,16-17,25-26H,10-15H2,1-3H3,(H,29,38)/t25-,26-/m1/s1. The van der Waals surface area contributed by atoms with E-state index in [2.05, 4.69) is 26.2 Å². The molecule has 10 nitrogen and oxygen atoms in total. The van der Waals surface area contributed by atoms with Crippen molar-refractivity contribution in [2.45, 2.75) is 25.9 Å². The molecule has 5 rings (SSSR count). The lowest BCUT2D eigenvalue weighted by atomic mass is 9.96. The van der Waals surface area contributed by atoms with E-state index in [1.54, 1.807) is 25.4 Å². The fourth-order valence-electron chi connectivity index (χ4n) is 5.48. The van der Waals surface area contributed by atoms with Crippen LogP contribution in [0.5, 0.6) is 5.75 Å². The molecule has 0 spiro atoms. The summed E-state index contributed by atoms with van der Waals surface area (Å²) in [6, 6.07) is 12.5. The van der Waals surface area contributed by atoms with Crippen LogP contribution in [0.3, 0.4) is 0 Å². The van der Waals surface area contributed by atoms with E-state index in [1.165, 1.54) is 6.07 Å². The van der Waals surface area contributed by atoms with Crippen molar-refractivity contribution in [2.24, 2.45) is 0 Å². The topological polar surface area (TPSA) is 97.9 Å². The van der Waals surface area contributed by atoms with Gasteiger partial charge in [0.2, 0.25) is 0 Å². The van der Waals surface area contributed by atoms with Crippen LogP contribution in [0.25, 0.3) is 5.69 Å². The lowest BCUT2D eigenvalue weighted by Crippen LogP contribution is -2.42. The van der Waals surface area contributed by atoms with Gasteiger partial charge in [-0.3, -0.25) is 20.0 Å². The minimum Gasteiger partial charge on any atom is -0.495 e. The van der Waals surface area contributed by atoms with Crippen molar-refractivity contribution in [2.75, 3.05) is 46.5 Å². The van der Waals surface area contributed by atoms with Crippen molar-refractivity contribution >= 4 is 23.0 Å². The monoisotopic (exact) mass is 536 g/mol. The van der Waals surface area contributed by atoms with Gasteiger partial charge >= 0.3 is 0 Å². The normalized spacial score (nSPS) is 20.0. The number of rotatable bonds is 8. The van der Waals surface area contributed by atoms with Gasteiger partial charge in [-0.25, -0.2) is 0 Å². The maximum Gasteiger partial charge on any atom is 0.271 e. The molecule has 0 amide bonds. The van der Waals surface area contributed by atoms with Crippen molar-refractivity contribution in [3.05, 3.63) is 81.4 Å². The summed E-state index contributed by atoms with van der Waals surface area (Å²) in [6.07, 6.45) is 1.80. The highest BCUT2D eigenvalue weighted by atomic mass is 32.1. The Morgan fingerprint density at radius 2 is 1.97 bits per heavy atom. The van der Waals surface area contributed by atoms with Crippen molar-refractivity contribution in [1.82, 2.24) is 24.7 Å². The summed E-state index contributed by atoms with van der Waals surface area (Å²) in [5, 5.41) is 15.8. The van der Waals surface area contributed by atoms with Gasteiger partial charge in [-0.1, -0.05) is 6.07 Å². The average Bonchev–Trinajstić information content (AvgIpc) is 3.42. The third kappa shape index (κ3) is 4.96.